The summed E-state index contributed by atoms with van der Waals surface area (Å²) in [5.74, 6) is 0.952. The molecule has 0 unspecified atom stereocenters. The van der Waals surface area contributed by atoms with Crippen LogP contribution in [0, 0.1) is 0 Å². The lowest BCUT2D eigenvalue weighted by Crippen LogP contribution is -2.45. The molecule has 1 heterocycles. The molecule has 3 rings (SSSR count). The Morgan fingerprint density at radius 2 is 1.54 bits per heavy atom. The van der Waals surface area contributed by atoms with Crippen LogP contribution in [-0.2, 0) is 5.75 Å². The van der Waals surface area contributed by atoms with Crippen molar-refractivity contribution in [2.45, 2.75) is 5.75 Å². The summed E-state index contributed by atoms with van der Waals surface area (Å²) in [5, 5.41) is 0. The quantitative estimate of drug-likeness (QED) is 0.746. The van der Waals surface area contributed by atoms with Crippen molar-refractivity contribution in [1.82, 2.24) is 9.80 Å². The van der Waals surface area contributed by atoms with E-state index in [0.29, 0.717) is 0 Å². The zero-order valence-electron chi connectivity index (χ0n) is 13.7. The fourth-order valence-corrected chi connectivity index (χ4v) is 3.83. The Bertz CT molecular complexity index is 663. The molecule has 2 aromatic rings. The van der Waals surface area contributed by atoms with Crippen molar-refractivity contribution in [3.05, 3.63) is 78.0 Å². The first-order chi connectivity index (χ1) is 11.8. The van der Waals surface area contributed by atoms with Crippen LogP contribution in [0.3, 0.4) is 0 Å². The van der Waals surface area contributed by atoms with Gasteiger partial charge in [-0.1, -0.05) is 84.6 Å². The molecule has 24 heavy (non-hydrogen) atoms. The first-order valence-electron chi connectivity index (χ1n) is 8.24. The molecule has 0 radical (unpaired) electrons. The standard InChI is InChI=1S/C20H22N2S2/c23-20(24-17-19-9-5-2-6-10-19)22-15-13-21(14-16-22)12-11-18-7-3-1-4-8-18/h1-12H,13-17H2/b12-11+. The molecule has 0 bridgehead atoms. The molecule has 0 spiro atoms. The number of benzene rings is 2. The second-order valence-electron chi connectivity index (χ2n) is 5.79. The predicted octanol–water partition coefficient (Wildman–Crippen LogP) is 4.49. The van der Waals surface area contributed by atoms with E-state index >= 15 is 0 Å². The summed E-state index contributed by atoms with van der Waals surface area (Å²) in [6, 6.07) is 21.0. The number of rotatable bonds is 4. The Balaban J connectivity index is 1.43. The number of hydrogen-bond acceptors (Lipinski definition) is 3. The normalized spacial score (nSPS) is 15.0. The summed E-state index contributed by atoms with van der Waals surface area (Å²) in [6.45, 7) is 4.05. The van der Waals surface area contributed by atoms with E-state index in [1.54, 1.807) is 11.8 Å². The van der Waals surface area contributed by atoms with E-state index in [1.165, 1.54) is 11.1 Å². The zero-order chi connectivity index (χ0) is 16.6. The van der Waals surface area contributed by atoms with Crippen molar-refractivity contribution in [1.29, 1.82) is 0 Å². The average Bonchev–Trinajstić information content (AvgIpc) is 2.66. The maximum absolute atomic E-state index is 5.61. The lowest BCUT2D eigenvalue weighted by atomic mass is 10.2. The Hall–Kier alpha value is -1.78. The second kappa shape index (κ2) is 8.90. The van der Waals surface area contributed by atoms with Crippen LogP contribution < -0.4 is 0 Å². The molecule has 0 aromatic heterocycles. The number of thioether (sulfide) groups is 1. The minimum atomic E-state index is 0.952. The minimum Gasteiger partial charge on any atom is -0.374 e. The van der Waals surface area contributed by atoms with E-state index in [2.05, 4.69) is 76.7 Å². The van der Waals surface area contributed by atoms with Crippen molar-refractivity contribution in [3.8, 4) is 0 Å². The topological polar surface area (TPSA) is 6.48 Å². The molecule has 1 saturated heterocycles. The van der Waals surface area contributed by atoms with Gasteiger partial charge in [0.1, 0.15) is 4.32 Å². The Kier molecular flexibility index (Phi) is 6.33. The van der Waals surface area contributed by atoms with Gasteiger partial charge in [0, 0.05) is 31.9 Å². The van der Waals surface area contributed by atoms with Gasteiger partial charge in [-0.2, -0.15) is 0 Å². The van der Waals surface area contributed by atoms with E-state index < -0.39 is 0 Å². The van der Waals surface area contributed by atoms with Crippen molar-refractivity contribution < 1.29 is 0 Å². The van der Waals surface area contributed by atoms with Gasteiger partial charge in [-0.3, -0.25) is 0 Å². The van der Waals surface area contributed by atoms with Gasteiger partial charge < -0.3 is 9.80 Å². The molecule has 0 N–H and O–H groups in total. The summed E-state index contributed by atoms with van der Waals surface area (Å²) in [5.41, 5.74) is 2.57. The van der Waals surface area contributed by atoms with Gasteiger partial charge in [-0.15, -0.1) is 0 Å². The number of piperazine rings is 1. The molecule has 4 heteroatoms. The van der Waals surface area contributed by atoms with E-state index in [4.69, 9.17) is 12.2 Å². The maximum atomic E-state index is 5.61. The number of nitrogens with zero attached hydrogens (tertiary/aromatic N) is 2. The fraction of sp³-hybridized carbons (Fsp3) is 0.250. The first-order valence-corrected chi connectivity index (χ1v) is 9.63. The summed E-state index contributed by atoms with van der Waals surface area (Å²) >= 11 is 7.37. The van der Waals surface area contributed by atoms with Crippen LogP contribution in [0.1, 0.15) is 11.1 Å². The third kappa shape index (κ3) is 5.11. The lowest BCUT2D eigenvalue weighted by Gasteiger charge is -2.35. The van der Waals surface area contributed by atoms with E-state index in [9.17, 15) is 0 Å². The number of hydrogen-bond donors (Lipinski definition) is 0. The molecular formula is C20H22N2S2. The molecule has 0 aliphatic carbocycles. The molecule has 124 valence electrons. The van der Waals surface area contributed by atoms with Gasteiger partial charge in [-0.25, -0.2) is 0 Å². The lowest BCUT2D eigenvalue weighted by molar-refractivity contribution is 0.244. The summed E-state index contributed by atoms with van der Waals surface area (Å²) < 4.78 is 1.02. The highest BCUT2D eigenvalue weighted by molar-refractivity contribution is 8.22. The van der Waals surface area contributed by atoms with Crippen molar-refractivity contribution in [2.75, 3.05) is 26.2 Å². The second-order valence-corrected chi connectivity index (χ2v) is 7.40. The summed E-state index contributed by atoms with van der Waals surface area (Å²) in [6.07, 6.45) is 4.38. The van der Waals surface area contributed by atoms with Crippen LogP contribution in [0.25, 0.3) is 6.08 Å². The summed E-state index contributed by atoms with van der Waals surface area (Å²) in [7, 11) is 0. The molecule has 1 fully saturated rings. The van der Waals surface area contributed by atoms with Gasteiger partial charge in [-0.05, 0) is 23.4 Å². The Morgan fingerprint density at radius 1 is 0.917 bits per heavy atom. The Morgan fingerprint density at radius 3 is 2.21 bits per heavy atom. The largest absolute Gasteiger partial charge is 0.374 e. The van der Waals surface area contributed by atoms with E-state index in [-0.39, 0.29) is 0 Å². The smallest absolute Gasteiger partial charge is 0.136 e. The molecular weight excluding hydrogens is 332 g/mol. The van der Waals surface area contributed by atoms with Crippen molar-refractivity contribution in [2.24, 2.45) is 0 Å². The van der Waals surface area contributed by atoms with Gasteiger partial charge in [0.15, 0.2) is 0 Å². The zero-order valence-corrected chi connectivity index (χ0v) is 15.3. The maximum Gasteiger partial charge on any atom is 0.136 e. The molecule has 0 amide bonds. The van der Waals surface area contributed by atoms with Crippen LogP contribution in [-0.4, -0.2) is 40.3 Å². The van der Waals surface area contributed by atoms with Crippen LogP contribution in [0.4, 0.5) is 0 Å². The van der Waals surface area contributed by atoms with E-state index in [1.807, 2.05) is 6.07 Å². The van der Waals surface area contributed by atoms with Gasteiger partial charge in [0.25, 0.3) is 0 Å². The third-order valence-corrected chi connectivity index (χ3v) is 5.65. The van der Waals surface area contributed by atoms with Crippen LogP contribution in [0.2, 0.25) is 0 Å². The van der Waals surface area contributed by atoms with Crippen LogP contribution in [0.15, 0.2) is 66.9 Å². The van der Waals surface area contributed by atoms with Gasteiger partial charge in [0.2, 0.25) is 0 Å². The highest BCUT2D eigenvalue weighted by atomic mass is 32.2. The molecule has 1 aliphatic heterocycles. The van der Waals surface area contributed by atoms with Crippen molar-refractivity contribution >= 4 is 34.4 Å². The highest BCUT2D eigenvalue weighted by Gasteiger charge is 2.17. The van der Waals surface area contributed by atoms with E-state index in [0.717, 1.165) is 36.3 Å². The molecule has 1 aliphatic rings. The molecule has 0 atom stereocenters. The minimum absolute atomic E-state index is 0.952. The Labute approximate surface area is 154 Å². The van der Waals surface area contributed by atoms with Crippen molar-refractivity contribution in [3.63, 3.8) is 0 Å². The van der Waals surface area contributed by atoms with Gasteiger partial charge in [0.05, 0.1) is 0 Å². The first kappa shape index (κ1) is 17.1. The SMILES string of the molecule is S=C(SCc1ccccc1)N1CCN(/C=C/c2ccccc2)CC1. The predicted molar refractivity (Wildman–Crippen MR) is 109 cm³/mol. The summed E-state index contributed by atoms with van der Waals surface area (Å²) in [4.78, 5) is 4.70. The van der Waals surface area contributed by atoms with Crippen LogP contribution in [0.5, 0.6) is 0 Å². The number of thiocarbonyl (C=S) groups is 1. The monoisotopic (exact) mass is 354 g/mol. The fourth-order valence-electron chi connectivity index (χ4n) is 2.62. The van der Waals surface area contributed by atoms with Gasteiger partial charge >= 0.3 is 0 Å². The molecule has 2 aromatic carbocycles. The van der Waals surface area contributed by atoms with Crippen LogP contribution >= 0.6 is 24.0 Å². The molecule has 2 nitrogen and oxygen atoms in total. The highest BCUT2D eigenvalue weighted by Crippen LogP contribution is 2.18. The average molecular weight is 355 g/mol. The third-order valence-electron chi connectivity index (χ3n) is 4.05. The molecule has 0 saturated carbocycles.